The monoisotopic (exact) mass is 370 g/mol. The zero-order chi connectivity index (χ0) is 18.0. The third-order valence-corrected chi connectivity index (χ3v) is 3.70. The number of hydrogen-bond acceptors (Lipinski definition) is 3. The molecule has 0 atom stereocenters. The minimum atomic E-state index is -4.44. The van der Waals surface area contributed by atoms with E-state index in [1.807, 2.05) is 0 Å². The molecule has 0 spiro atoms. The molecule has 1 heterocycles. The normalized spacial score (nSPS) is 11.0. The molecule has 3 aromatic rings. The third-order valence-electron chi connectivity index (χ3n) is 3.70. The number of para-hydroxylation sites is 1. The number of nitrogens with one attached hydrogen (secondary N) is 1. The van der Waals surface area contributed by atoms with Crippen LogP contribution in [0.15, 0.2) is 54.7 Å². The summed E-state index contributed by atoms with van der Waals surface area (Å²) in [6.07, 6.45) is -3.19. The first-order chi connectivity index (χ1) is 11.8. The van der Waals surface area contributed by atoms with Crippen LogP contribution in [0.1, 0.15) is 11.1 Å². The Morgan fingerprint density at radius 2 is 1.81 bits per heavy atom. The molecule has 0 saturated carbocycles. The van der Waals surface area contributed by atoms with Crippen LogP contribution in [-0.4, -0.2) is 45.6 Å². The van der Waals surface area contributed by atoms with Crippen LogP contribution < -0.4 is 5.32 Å². The number of carboxylic acids is 1. The van der Waals surface area contributed by atoms with Crippen molar-refractivity contribution >= 4 is 57.8 Å². The third kappa shape index (κ3) is 4.55. The molecule has 0 aliphatic heterocycles. The summed E-state index contributed by atoms with van der Waals surface area (Å²) < 4.78 is 38.5. The van der Waals surface area contributed by atoms with E-state index in [-0.39, 0.29) is 41.5 Å². The van der Waals surface area contributed by atoms with Crippen molar-refractivity contribution in [2.75, 3.05) is 5.32 Å². The van der Waals surface area contributed by atoms with Crippen molar-refractivity contribution < 1.29 is 23.1 Å². The molecule has 0 fully saturated rings. The van der Waals surface area contributed by atoms with E-state index >= 15 is 0 Å². The van der Waals surface area contributed by atoms with Crippen molar-refractivity contribution in [3.05, 3.63) is 65.9 Å². The number of hydrogen-bond donors (Lipinski definition) is 2. The molecule has 2 aromatic carbocycles. The van der Waals surface area contributed by atoms with Crippen LogP contribution in [0.2, 0.25) is 0 Å². The Labute approximate surface area is 169 Å². The van der Waals surface area contributed by atoms with Gasteiger partial charge in [0.15, 0.2) is 0 Å². The number of nitrogens with zero attached hydrogens (tertiary/aromatic N) is 1. The predicted molar refractivity (Wildman–Crippen MR) is 95.0 cm³/mol. The number of carboxylic acid groups (broad SMARTS) is 1. The van der Waals surface area contributed by atoms with Crippen molar-refractivity contribution in [2.45, 2.75) is 12.6 Å². The quantitative estimate of drug-likeness (QED) is 0.682. The van der Waals surface area contributed by atoms with Gasteiger partial charge in [0, 0.05) is 23.0 Å². The van der Waals surface area contributed by atoms with Gasteiger partial charge in [0.25, 0.3) is 0 Å². The van der Waals surface area contributed by atoms with Gasteiger partial charge < -0.3 is 10.4 Å². The first kappa shape index (κ1) is 20.2. The second-order valence-electron chi connectivity index (χ2n) is 5.44. The first-order valence-electron chi connectivity index (χ1n) is 7.37. The molecule has 0 radical (unpaired) electrons. The molecule has 0 saturated heterocycles. The van der Waals surface area contributed by atoms with Crippen LogP contribution in [0.4, 0.5) is 24.5 Å². The van der Waals surface area contributed by atoms with Gasteiger partial charge in [-0.15, -0.1) is 0 Å². The first-order valence-corrected chi connectivity index (χ1v) is 7.37. The van der Waals surface area contributed by atoms with Gasteiger partial charge in [0.1, 0.15) is 0 Å². The Kier molecular flexibility index (Phi) is 6.28. The van der Waals surface area contributed by atoms with Gasteiger partial charge in [-0.05, 0) is 29.8 Å². The summed E-state index contributed by atoms with van der Waals surface area (Å²) in [5.41, 5.74) is 1.15. The van der Waals surface area contributed by atoms with Crippen molar-refractivity contribution in [2.24, 2.45) is 0 Å². The Morgan fingerprint density at radius 3 is 2.50 bits per heavy atom. The number of carbonyl (C=O) groups is 1. The van der Waals surface area contributed by atoms with Crippen LogP contribution in [-0.2, 0) is 17.4 Å². The number of pyridine rings is 1. The van der Waals surface area contributed by atoms with Crippen LogP contribution in [0.5, 0.6) is 0 Å². The van der Waals surface area contributed by atoms with Gasteiger partial charge in [-0.25, -0.2) is 0 Å². The second-order valence-corrected chi connectivity index (χ2v) is 5.44. The van der Waals surface area contributed by atoms with E-state index in [0.717, 1.165) is 12.1 Å². The van der Waals surface area contributed by atoms with Crippen LogP contribution in [0.25, 0.3) is 10.9 Å². The molecule has 4 nitrogen and oxygen atoms in total. The molecule has 0 unspecified atom stereocenters. The van der Waals surface area contributed by atoms with Crippen molar-refractivity contribution in [3.8, 4) is 0 Å². The van der Waals surface area contributed by atoms with E-state index in [4.69, 9.17) is 5.11 Å². The van der Waals surface area contributed by atoms with Gasteiger partial charge in [-0.1, -0.05) is 24.3 Å². The number of alkyl halides is 3. The summed E-state index contributed by atoms with van der Waals surface area (Å²) in [5.74, 6) is -0.969. The fourth-order valence-corrected chi connectivity index (χ4v) is 2.54. The van der Waals surface area contributed by atoms with E-state index in [2.05, 4.69) is 10.3 Å². The summed E-state index contributed by atoms with van der Waals surface area (Å²) in [6.45, 7) is 0. The molecule has 0 aliphatic rings. The molecule has 8 heteroatoms. The van der Waals surface area contributed by atoms with E-state index in [0.29, 0.717) is 22.3 Å². The van der Waals surface area contributed by atoms with Crippen LogP contribution in [0, 0.1) is 0 Å². The van der Waals surface area contributed by atoms with Gasteiger partial charge in [0.2, 0.25) is 0 Å². The SMILES string of the molecule is O=C(O)Cc1ccccc1Nc1ccnc2cc(C(F)(F)F)ccc12.[NaH]. The number of halogens is 3. The Bertz CT molecular complexity index is 945. The zero-order valence-corrected chi connectivity index (χ0v) is 12.8. The number of aliphatic carboxylic acids is 1. The summed E-state index contributed by atoms with van der Waals surface area (Å²) in [4.78, 5) is 15.0. The fourth-order valence-electron chi connectivity index (χ4n) is 2.54. The molecule has 0 amide bonds. The molecule has 0 bridgehead atoms. The van der Waals surface area contributed by atoms with Gasteiger partial charge >= 0.3 is 41.7 Å². The zero-order valence-electron chi connectivity index (χ0n) is 12.8. The van der Waals surface area contributed by atoms with E-state index in [1.165, 1.54) is 12.3 Å². The Morgan fingerprint density at radius 1 is 1.08 bits per heavy atom. The minimum absolute atomic E-state index is 0. The topological polar surface area (TPSA) is 62.2 Å². The van der Waals surface area contributed by atoms with Gasteiger partial charge in [-0.2, -0.15) is 13.2 Å². The molecule has 130 valence electrons. The summed E-state index contributed by atoms with van der Waals surface area (Å²) >= 11 is 0. The van der Waals surface area contributed by atoms with Crippen molar-refractivity contribution in [1.29, 1.82) is 0 Å². The molecule has 1 aromatic heterocycles. The van der Waals surface area contributed by atoms with Crippen LogP contribution in [0.3, 0.4) is 0 Å². The number of fused-ring (bicyclic) bond motifs is 1. The molecular formula is C18H14F3N2NaO2. The van der Waals surface area contributed by atoms with Crippen molar-refractivity contribution in [1.82, 2.24) is 4.98 Å². The average molecular weight is 370 g/mol. The summed E-state index contributed by atoms with van der Waals surface area (Å²) in [7, 11) is 0. The number of benzene rings is 2. The fraction of sp³-hybridized carbons (Fsp3) is 0.111. The van der Waals surface area contributed by atoms with E-state index in [1.54, 1.807) is 30.3 Å². The standard InChI is InChI=1S/C18H13F3N2O2.Na.H/c19-18(20,21)12-5-6-13-15(7-8-22-16(13)10-12)23-14-4-2-1-3-11(14)9-17(24)25;;/h1-8,10H,9H2,(H,22,23)(H,24,25);;. The molecular weight excluding hydrogens is 356 g/mol. The van der Waals surface area contributed by atoms with Crippen LogP contribution >= 0.6 is 0 Å². The number of rotatable bonds is 4. The summed E-state index contributed by atoms with van der Waals surface area (Å²) in [6, 6.07) is 11.8. The van der Waals surface area contributed by atoms with Crippen molar-refractivity contribution in [3.63, 3.8) is 0 Å². The maximum atomic E-state index is 12.8. The maximum absolute atomic E-state index is 12.8. The van der Waals surface area contributed by atoms with Gasteiger partial charge in [-0.3, -0.25) is 9.78 Å². The van der Waals surface area contributed by atoms with E-state index in [9.17, 15) is 18.0 Å². The Balaban J connectivity index is 0.00000243. The summed E-state index contributed by atoms with van der Waals surface area (Å²) in [5, 5.41) is 12.6. The predicted octanol–water partition coefficient (Wildman–Crippen LogP) is 3.98. The molecule has 3 rings (SSSR count). The molecule has 26 heavy (non-hydrogen) atoms. The molecule has 0 aliphatic carbocycles. The van der Waals surface area contributed by atoms with Gasteiger partial charge in [0.05, 0.1) is 17.5 Å². The molecule has 2 N–H and O–H groups in total. The number of anilines is 2. The average Bonchev–Trinajstić information content (AvgIpc) is 2.55. The number of aromatic nitrogens is 1. The van der Waals surface area contributed by atoms with E-state index < -0.39 is 17.7 Å². The Hall–Kier alpha value is -2.09. The second kappa shape index (κ2) is 8.07.